The number of pyridine rings is 1. The molecule has 0 amide bonds. The first kappa shape index (κ1) is 14.9. The number of benzene rings is 1. The van der Waals surface area contributed by atoms with Gasteiger partial charge in [-0.2, -0.15) is 0 Å². The Bertz CT molecular complexity index is 707. The van der Waals surface area contributed by atoms with Gasteiger partial charge in [-0.1, -0.05) is 23.7 Å². The maximum atomic E-state index is 11.9. The molecule has 0 saturated carbocycles. The first-order valence-corrected chi connectivity index (χ1v) is 7.70. The molecule has 2 heterocycles. The lowest BCUT2D eigenvalue weighted by atomic mass is 9.99. The molecule has 1 aromatic heterocycles. The molecule has 1 aromatic carbocycles. The Labute approximate surface area is 134 Å². The summed E-state index contributed by atoms with van der Waals surface area (Å²) in [5.74, 6) is -0.366. The summed E-state index contributed by atoms with van der Waals surface area (Å²) >= 11 is 5.93. The van der Waals surface area contributed by atoms with E-state index in [0.29, 0.717) is 16.4 Å². The topological polar surface area (TPSA) is 53.4 Å². The number of aromatic nitrogens is 1. The second-order valence-corrected chi connectivity index (χ2v) is 5.95. The molecule has 1 aliphatic heterocycles. The zero-order valence-corrected chi connectivity index (χ0v) is 13.1. The molecular weight excluding hydrogens is 300 g/mol. The molecule has 1 N–H and O–H groups in total. The van der Waals surface area contributed by atoms with E-state index in [1.165, 1.54) is 0 Å². The predicted octanol–water partition coefficient (Wildman–Crippen LogP) is 4.01. The molecule has 0 bridgehead atoms. The molecule has 22 heavy (non-hydrogen) atoms. The lowest BCUT2D eigenvalue weighted by Gasteiger charge is -2.21. The number of hydrogen-bond donors (Lipinski definition) is 1. The predicted molar refractivity (Wildman–Crippen MR) is 87.8 cm³/mol. The van der Waals surface area contributed by atoms with Gasteiger partial charge in [0.25, 0.3) is 0 Å². The van der Waals surface area contributed by atoms with E-state index < -0.39 is 5.97 Å². The van der Waals surface area contributed by atoms with Crippen LogP contribution in [0.25, 0.3) is 11.1 Å². The molecule has 1 saturated heterocycles. The van der Waals surface area contributed by atoms with Crippen molar-refractivity contribution in [1.29, 1.82) is 0 Å². The van der Waals surface area contributed by atoms with Crippen molar-refractivity contribution in [3.8, 4) is 11.1 Å². The summed E-state index contributed by atoms with van der Waals surface area (Å²) in [6.07, 6.45) is 2.15. The molecule has 0 unspecified atom stereocenters. The van der Waals surface area contributed by atoms with E-state index in [9.17, 15) is 9.90 Å². The van der Waals surface area contributed by atoms with Crippen LogP contribution in [0, 0.1) is 6.92 Å². The molecule has 0 radical (unpaired) electrons. The molecule has 0 aliphatic carbocycles. The summed E-state index contributed by atoms with van der Waals surface area (Å²) < 4.78 is 0. The quantitative estimate of drug-likeness (QED) is 0.929. The van der Waals surface area contributed by atoms with Crippen molar-refractivity contribution >= 4 is 23.4 Å². The number of anilines is 1. The maximum Gasteiger partial charge on any atom is 0.340 e. The largest absolute Gasteiger partial charge is 0.478 e. The Hall–Kier alpha value is -2.07. The fourth-order valence-electron chi connectivity index (χ4n) is 2.88. The number of aryl methyl sites for hydroxylation is 1. The molecule has 5 heteroatoms. The summed E-state index contributed by atoms with van der Waals surface area (Å²) in [5, 5.41) is 10.4. The third kappa shape index (κ3) is 2.79. The molecule has 0 spiro atoms. The Morgan fingerprint density at radius 3 is 2.45 bits per heavy atom. The van der Waals surface area contributed by atoms with E-state index in [2.05, 4.69) is 9.88 Å². The molecule has 3 rings (SSSR count). The van der Waals surface area contributed by atoms with Gasteiger partial charge in [0.1, 0.15) is 11.4 Å². The second-order valence-electron chi connectivity index (χ2n) is 5.52. The standard InChI is InChI=1S/C17H17ClN2O2/c1-11-10-14(12-4-6-13(18)7-5-12)15(17(21)22)16(19-11)20-8-2-3-9-20/h4-7,10H,2-3,8-9H2,1H3,(H,21,22). The molecule has 4 nitrogen and oxygen atoms in total. The van der Waals surface area contributed by atoms with E-state index in [1.807, 2.05) is 25.1 Å². The van der Waals surface area contributed by atoms with Crippen LogP contribution in [0.5, 0.6) is 0 Å². The first-order valence-electron chi connectivity index (χ1n) is 7.32. The number of carboxylic acid groups (broad SMARTS) is 1. The van der Waals surface area contributed by atoms with Crippen LogP contribution in [0.1, 0.15) is 28.9 Å². The first-order chi connectivity index (χ1) is 10.6. The SMILES string of the molecule is Cc1cc(-c2ccc(Cl)cc2)c(C(=O)O)c(N2CCCC2)n1. The van der Waals surface area contributed by atoms with Gasteiger partial charge in [0.15, 0.2) is 0 Å². The molecule has 1 aliphatic rings. The lowest BCUT2D eigenvalue weighted by molar-refractivity contribution is 0.0698. The van der Waals surface area contributed by atoms with Gasteiger partial charge < -0.3 is 10.0 Å². The van der Waals surface area contributed by atoms with E-state index in [1.54, 1.807) is 12.1 Å². The van der Waals surface area contributed by atoms with Gasteiger partial charge in [0, 0.05) is 29.4 Å². The van der Waals surface area contributed by atoms with Gasteiger partial charge in [-0.05, 0) is 43.5 Å². The number of halogens is 1. The molecule has 0 atom stereocenters. The Balaban J connectivity index is 2.20. The molecule has 1 fully saturated rings. The highest BCUT2D eigenvalue weighted by Crippen LogP contribution is 2.33. The van der Waals surface area contributed by atoms with Crippen molar-refractivity contribution in [3.05, 3.63) is 46.6 Å². The van der Waals surface area contributed by atoms with Gasteiger partial charge in [0.05, 0.1) is 0 Å². The number of aromatic carboxylic acids is 1. The van der Waals surface area contributed by atoms with Crippen molar-refractivity contribution in [1.82, 2.24) is 4.98 Å². The number of carbonyl (C=O) groups is 1. The van der Waals surface area contributed by atoms with E-state index in [0.717, 1.165) is 37.2 Å². The van der Waals surface area contributed by atoms with Crippen molar-refractivity contribution in [2.75, 3.05) is 18.0 Å². The fraction of sp³-hybridized carbons (Fsp3) is 0.294. The second kappa shape index (κ2) is 5.97. The molecular formula is C17H17ClN2O2. The van der Waals surface area contributed by atoms with Crippen LogP contribution in [-0.2, 0) is 0 Å². The maximum absolute atomic E-state index is 11.9. The molecule has 114 valence electrons. The average molecular weight is 317 g/mol. The third-order valence-electron chi connectivity index (χ3n) is 3.90. The number of rotatable bonds is 3. The highest BCUT2D eigenvalue weighted by Gasteiger charge is 2.25. The van der Waals surface area contributed by atoms with E-state index >= 15 is 0 Å². The highest BCUT2D eigenvalue weighted by atomic mass is 35.5. The van der Waals surface area contributed by atoms with Crippen molar-refractivity contribution in [3.63, 3.8) is 0 Å². The van der Waals surface area contributed by atoms with Crippen LogP contribution < -0.4 is 4.90 Å². The van der Waals surface area contributed by atoms with Crippen LogP contribution in [0.4, 0.5) is 5.82 Å². The number of carboxylic acids is 1. The smallest absolute Gasteiger partial charge is 0.340 e. The monoisotopic (exact) mass is 316 g/mol. The summed E-state index contributed by atoms with van der Waals surface area (Å²) in [6, 6.07) is 9.06. The van der Waals surface area contributed by atoms with E-state index in [4.69, 9.17) is 11.6 Å². The minimum atomic E-state index is -0.945. The van der Waals surface area contributed by atoms with Crippen LogP contribution >= 0.6 is 11.6 Å². The van der Waals surface area contributed by atoms with Gasteiger partial charge in [-0.3, -0.25) is 0 Å². The Morgan fingerprint density at radius 1 is 1.23 bits per heavy atom. The van der Waals surface area contributed by atoms with Crippen LogP contribution in [-0.4, -0.2) is 29.1 Å². The minimum Gasteiger partial charge on any atom is -0.478 e. The Morgan fingerprint density at radius 2 is 1.86 bits per heavy atom. The third-order valence-corrected chi connectivity index (χ3v) is 4.16. The van der Waals surface area contributed by atoms with Gasteiger partial charge in [-0.15, -0.1) is 0 Å². The minimum absolute atomic E-state index is 0.273. The van der Waals surface area contributed by atoms with Crippen molar-refractivity contribution in [2.24, 2.45) is 0 Å². The zero-order chi connectivity index (χ0) is 15.7. The number of nitrogens with zero attached hydrogens (tertiary/aromatic N) is 2. The van der Waals surface area contributed by atoms with Crippen LogP contribution in [0.2, 0.25) is 5.02 Å². The summed E-state index contributed by atoms with van der Waals surface area (Å²) in [6.45, 7) is 3.61. The summed E-state index contributed by atoms with van der Waals surface area (Å²) in [5.41, 5.74) is 2.62. The van der Waals surface area contributed by atoms with Crippen molar-refractivity contribution < 1.29 is 9.90 Å². The van der Waals surface area contributed by atoms with Gasteiger partial charge >= 0.3 is 5.97 Å². The normalized spacial score (nSPS) is 14.4. The fourth-order valence-corrected chi connectivity index (χ4v) is 3.01. The lowest BCUT2D eigenvalue weighted by Crippen LogP contribution is -2.23. The Kier molecular flexibility index (Phi) is 4.03. The van der Waals surface area contributed by atoms with Gasteiger partial charge in [-0.25, -0.2) is 9.78 Å². The molecule has 2 aromatic rings. The van der Waals surface area contributed by atoms with Crippen molar-refractivity contribution in [2.45, 2.75) is 19.8 Å². The summed E-state index contributed by atoms with van der Waals surface area (Å²) in [7, 11) is 0. The van der Waals surface area contributed by atoms with Crippen LogP contribution in [0.3, 0.4) is 0 Å². The van der Waals surface area contributed by atoms with Gasteiger partial charge in [0.2, 0.25) is 0 Å². The summed E-state index contributed by atoms with van der Waals surface area (Å²) in [4.78, 5) is 18.4. The highest BCUT2D eigenvalue weighted by molar-refractivity contribution is 6.30. The number of hydrogen-bond acceptors (Lipinski definition) is 3. The van der Waals surface area contributed by atoms with Crippen LogP contribution in [0.15, 0.2) is 30.3 Å². The zero-order valence-electron chi connectivity index (χ0n) is 12.3. The van der Waals surface area contributed by atoms with E-state index in [-0.39, 0.29) is 5.56 Å². The average Bonchev–Trinajstić information content (AvgIpc) is 3.01.